The Balaban J connectivity index is 2.23. The number of ether oxygens (including phenoxy) is 2. The van der Waals surface area contributed by atoms with E-state index in [-0.39, 0.29) is 5.91 Å². The highest BCUT2D eigenvalue weighted by Crippen LogP contribution is 2.10. The van der Waals surface area contributed by atoms with Crippen LogP contribution in [0.5, 0.6) is 5.75 Å². The lowest BCUT2D eigenvalue weighted by atomic mass is 10.2. The first kappa shape index (κ1) is 14.5. The number of carbonyl (C=O) groups excluding carboxylic acids is 1. The lowest BCUT2D eigenvalue weighted by molar-refractivity contribution is 0.0953. The van der Waals surface area contributed by atoms with E-state index < -0.39 is 0 Å². The molecule has 0 aliphatic carbocycles. The molecule has 0 bridgehead atoms. The fourth-order valence-electron chi connectivity index (χ4n) is 1.41. The van der Waals surface area contributed by atoms with Crippen LogP contribution in [-0.2, 0) is 4.74 Å². The Kier molecular flexibility index (Phi) is 6.83. The average molecular weight is 252 g/mol. The predicted molar refractivity (Wildman–Crippen MR) is 70.1 cm³/mol. The van der Waals surface area contributed by atoms with Crippen LogP contribution in [0.2, 0.25) is 0 Å². The molecule has 5 nitrogen and oxygen atoms in total. The van der Waals surface area contributed by atoms with E-state index >= 15 is 0 Å². The van der Waals surface area contributed by atoms with Crippen LogP contribution in [0.15, 0.2) is 24.3 Å². The molecule has 1 amide bonds. The number of methoxy groups -OCH3 is 2. The first-order chi connectivity index (χ1) is 8.77. The van der Waals surface area contributed by atoms with Gasteiger partial charge in [0.1, 0.15) is 5.75 Å². The standard InChI is InChI=1S/C13H20N2O3/c1-17-10-9-14-7-8-15-13(16)11-3-5-12(18-2)6-4-11/h3-6,14H,7-10H2,1-2H3,(H,15,16). The molecule has 2 N–H and O–H groups in total. The first-order valence-corrected chi connectivity index (χ1v) is 5.90. The van der Waals surface area contributed by atoms with Crippen molar-refractivity contribution in [3.8, 4) is 5.75 Å². The minimum atomic E-state index is -0.0776. The fraction of sp³-hybridized carbons (Fsp3) is 0.462. The number of nitrogens with one attached hydrogen (secondary N) is 2. The van der Waals surface area contributed by atoms with Crippen molar-refractivity contribution in [2.24, 2.45) is 0 Å². The minimum Gasteiger partial charge on any atom is -0.497 e. The van der Waals surface area contributed by atoms with Gasteiger partial charge in [-0.25, -0.2) is 0 Å². The van der Waals surface area contributed by atoms with Crippen molar-refractivity contribution in [2.45, 2.75) is 0 Å². The Bertz CT molecular complexity index is 352. The Morgan fingerprint density at radius 3 is 2.44 bits per heavy atom. The summed E-state index contributed by atoms with van der Waals surface area (Å²) in [5, 5.41) is 5.98. The lowest BCUT2D eigenvalue weighted by Crippen LogP contribution is -2.33. The van der Waals surface area contributed by atoms with Crippen LogP contribution in [0.25, 0.3) is 0 Å². The van der Waals surface area contributed by atoms with Gasteiger partial charge in [-0.2, -0.15) is 0 Å². The Labute approximate surface area is 107 Å². The van der Waals surface area contributed by atoms with E-state index in [1.54, 1.807) is 38.5 Å². The van der Waals surface area contributed by atoms with E-state index in [0.717, 1.165) is 18.8 Å². The van der Waals surface area contributed by atoms with Gasteiger partial charge < -0.3 is 20.1 Å². The third kappa shape index (κ3) is 5.16. The van der Waals surface area contributed by atoms with Gasteiger partial charge in [-0.15, -0.1) is 0 Å². The molecule has 0 saturated carbocycles. The van der Waals surface area contributed by atoms with E-state index in [9.17, 15) is 4.79 Å². The Hall–Kier alpha value is -1.59. The first-order valence-electron chi connectivity index (χ1n) is 5.90. The zero-order chi connectivity index (χ0) is 13.2. The summed E-state index contributed by atoms with van der Waals surface area (Å²) in [6.07, 6.45) is 0. The highest BCUT2D eigenvalue weighted by atomic mass is 16.5. The third-order valence-electron chi connectivity index (χ3n) is 2.42. The molecule has 1 aromatic rings. The van der Waals surface area contributed by atoms with Crippen LogP contribution in [-0.4, -0.2) is 46.4 Å². The number of benzene rings is 1. The van der Waals surface area contributed by atoms with E-state index in [0.29, 0.717) is 18.7 Å². The number of carbonyl (C=O) groups is 1. The number of hydrogen-bond acceptors (Lipinski definition) is 4. The number of hydrogen-bond donors (Lipinski definition) is 2. The summed E-state index contributed by atoms with van der Waals surface area (Å²) in [6.45, 7) is 2.78. The molecule has 1 rings (SSSR count). The highest BCUT2D eigenvalue weighted by molar-refractivity contribution is 5.94. The van der Waals surface area contributed by atoms with Gasteiger partial charge >= 0.3 is 0 Å². The fourth-order valence-corrected chi connectivity index (χ4v) is 1.41. The molecule has 0 aliphatic rings. The molecule has 0 heterocycles. The monoisotopic (exact) mass is 252 g/mol. The molecule has 0 fully saturated rings. The molecule has 0 saturated heterocycles. The Morgan fingerprint density at radius 1 is 1.11 bits per heavy atom. The van der Waals surface area contributed by atoms with Gasteiger partial charge in [0.15, 0.2) is 0 Å². The molecule has 18 heavy (non-hydrogen) atoms. The van der Waals surface area contributed by atoms with Crippen LogP contribution in [0.3, 0.4) is 0 Å². The maximum atomic E-state index is 11.7. The van der Waals surface area contributed by atoms with Crippen molar-refractivity contribution in [1.29, 1.82) is 0 Å². The van der Waals surface area contributed by atoms with E-state index in [2.05, 4.69) is 10.6 Å². The van der Waals surface area contributed by atoms with Crippen LogP contribution in [0.1, 0.15) is 10.4 Å². The quantitative estimate of drug-likeness (QED) is 0.667. The van der Waals surface area contributed by atoms with E-state index in [1.165, 1.54) is 0 Å². The average Bonchev–Trinajstić information content (AvgIpc) is 2.42. The molecule has 0 atom stereocenters. The van der Waals surface area contributed by atoms with E-state index in [1.807, 2.05) is 0 Å². The normalized spacial score (nSPS) is 10.1. The smallest absolute Gasteiger partial charge is 0.251 e. The number of amides is 1. The molecule has 0 radical (unpaired) electrons. The summed E-state index contributed by atoms with van der Waals surface area (Å²) in [6, 6.07) is 7.02. The van der Waals surface area contributed by atoms with Gasteiger partial charge in [-0.1, -0.05) is 0 Å². The molecular weight excluding hydrogens is 232 g/mol. The molecule has 100 valence electrons. The third-order valence-corrected chi connectivity index (χ3v) is 2.42. The molecule has 0 spiro atoms. The van der Waals surface area contributed by atoms with Gasteiger partial charge in [0.05, 0.1) is 13.7 Å². The zero-order valence-electron chi connectivity index (χ0n) is 10.9. The zero-order valence-corrected chi connectivity index (χ0v) is 10.9. The molecule has 5 heteroatoms. The van der Waals surface area contributed by atoms with Crippen molar-refractivity contribution in [2.75, 3.05) is 40.5 Å². The van der Waals surface area contributed by atoms with Gasteiger partial charge in [0.25, 0.3) is 5.91 Å². The summed E-state index contributed by atoms with van der Waals surface area (Å²) >= 11 is 0. The van der Waals surface area contributed by atoms with Crippen LogP contribution >= 0.6 is 0 Å². The van der Waals surface area contributed by atoms with Crippen LogP contribution in [0.4, 0.5) is 0 Å². The molecule has 0 aromatic heterocycles. The second-order valence-corrected chi connectivity index (χ2v) is 3.73. The van der Waals surface area contributed by atoms with E-state index in [4.69, 9.17) is 9.47 Å². The summed E-state index contributed by atoms with van der Waals surface area (Å²) in [5.41, 5.74) is 0.632. The summed E-state index contributed by atoms with van der Waals surface area (Å²) in [7, 11) is 3.26. The summed E-state index contributed by atoms with van der Waals surface area (Å²) < 4.78 is 9.93. The summed E-state index contributed by atoms with van der Waals surface area (Å²) in [5.74, 6) is 0.666. The molecule has 1 aromatic carbocycles. The summed E-state index contributed by atoms with van der Waals surface area (Å²) in [4.78, 5) is 11.7. The largest absolute Gasteiger partial charge is 0.497 e. The lowest BCUT2D eigenvalue weighted by Gasteiger charge is -2.07. The highest BCUT2D eigenvalue weighted by Gasteiger charge is 2.04. The topological polar surface area (TPSA) is 59.6 Å². The Morgan fingerprint density at radius 2 is 1.83 bits per heavy atom. The number of rotatable bonds is 8. The van der Waals surface area contributed by atoms with Crippen LogP contribution < -0.4 is 15.4 Å². The second kappa shape index (κ2) is 8.49. The van der Waals surface area contributed by atoms with Gasteiger partial charge in [-0.05, 0) is 24.3 Å². The van der Waals surface area contributed by atoms with Gasteiger partial charge in [-0.3, -0.25) is 4.79 Å². The molecule has 0 unspecified atom stereocenters. The van der Waals surface area contributed by atoms with Gasteiger partial charge in [0, 0.05) is 32.3 Å². The second-order valence-electron chi connectivity index (χ2n) is 3.73. The molecular formula is C13H20N2O3. The predicted octanol–water partition coefficient (Wildman–Crippen LogP) is 0.661. The van der Waals surface area contributed by atoms with Gasteiger partial charge in [0.2, 0.25) is 0 Å². The van der Waals surface area contributed by atoms with Crippen molar-refractivity contribution < 1.29 is 14.3 Å². The van der Waals surface area contributed by atoms with Crippen molar-refractivity contribution in [1.82, 2.24) is 10.6 Å². The van der Waals surface area contributed by atoms with Crippen molar-refractivity contribution in [3.63, 3.8) is 0 Å². The van der Waals surface area contributed by atoms with Crippen LogP contribution in [0, 0.1) is 0 Å². The minimum absolute atomic E-state index is 0.0776. The van der Waals surface area contributed by atoms with Crippen molar-refractivity contribution in [3.05, 3.63) is 29.8 Å². The molecule has 0 aliphatic heterocycles. The van der Waals surface area contributed by atoms with Crippen molar-refractivity contribution >= 4 is 5.91 Å². The maximum absolute atomic E-state index is 11.7. The maximum Gasteiger partial charge on any atom is 0.251 e. The SMILES string of the molecule is COCCNCCNC(=O)c1ccc(OC)cc1.